The Kier molecular flexibility index (Phi) is 5.44. The molecule has 4 nitrogen and oxygen atoms in total. The van der Waals surface area contributed by atoms with Crippen molar-refractivity contribution in [1.29, 1.82) is 0 Å². The molecule has 5 heteroatoms. The first-order valence-corrected chi connectivity index (χ1v) is 7.64. The van der Waals surface area contributed by atoms with Crippen molar-refractivity contribution in [1.82, 2.24) is 20.1 Å². The van der Waals surface area contributed by atoms with E-state index in [0.717, 1.165) is 43.1 Å². The third kappa shape index (κ3) is 3.47. The van der Waals surface area contributed by atoms with E-state index in [-0.39, 0.29) is 5.82 Å². The second kappa shape index (κ2) is 7.31. The van der Waals surface area contributed by atoms with Crippen molar-refractivity contribution >= 4 is 0 Å². The van der Waals surface area contributed by atoms with Gasteiger partial charge in [-0.15, -0.1) is 0 Å². The van der Waals surface area contributed by atoms with Gasteiger partial charge in [-0.2, -0.15) is 5.10 Å². The molecule has 0 aliphatic heterocycles. The lowest BCUT2D eigenvalue weighted by Gasteiger charge is -2.12. The molecule has 0 aliphatic rings. The third-order valence-corrected chi connectivity index (χ3v) is 3.40. The normalized spacial score (nSPS) is 11.0. The van der Waals surface area contributed by atoms with Gasteiger partial charge in [0.25, 0.3) is 0 Å². The van der Waals surface area contributed by atoms with Crippen LogP contribution in [0.15, 0.2) is 18.2 Å². The standard InChI is InChI=1S/C16H23FN4/c1-4-10-18-11-12-13(17)8-7-9-14(12)21-16(6-3)19-15(5-2)20-21/h7-9,18H,4-6,10-11H2,1-3H3. The number of nitrogens with one attached hydrogen (secondary N) is 1. The molecule has 114 valence electrons. The minimum atomic E-state index is -0.202. The van der Waals surface area contributed by atoms with Gasteiger partial charge in [-0.1, -0.05) is 26.8 Å². The highest BCUT2D eigenvalue weighted by Gasteiger charge is 2.15. The highest BCUT2D eigenvalue weighted by atomic mass is 19.1. The molecular weight excluding hydrogens is 267 g/mol. The number of nitrogens with zero attached hydrogens (tertiary/aromatic N) is 3. The van der Waals surface area contributed by atoms with Crippen molar-refractivity contribution in [2.75, 3.05) is 6.54 Å². The van der Waals surface area contributed by atoms with Gasteiger partial charge in [0.15, 0.2) is 5.82 Å². The van der Waals surface area contributed by atoms with Crippen LogP contribution in [0.25, 0.3) is 5.69 Å². The smallest absolute Gasteiger partial charge is 0.151 e. The Morgan fingerprint density at radius 3 is 2.67 bits per heavy atom. The molecule has 0 spiro atoms. The largest absolute Gasteiger partial charge is 0.312 e. The number of rotatable bonds is 7. The molecule has 0 saturated carbocycles. The maximum atomic E-state index is 14.2. The van der Waals surface area contributed by atoms with Crippen LogP contribution in [-0.2, 0) is 19.4 Å². The van der Waals surface area contributed by atoms with Crippen molar-refractivity contribution in [3.05, 3.63) is 41.2 Å². The van der Waals surface area contributed by atoms with Gasteiger partial charge in [0, 0.05) is 24.9 Å². The van der Waals surface area contributed by atoms with E-state index >= 15 is 0 Å². The van der Waals surface area contributed by atoms with Crippen LogP contribution in [0.1, 0.15) is 44.4 Å². The maximum Gasteiger partial charge on any atom is 0.151 e. The summed E-state index contributed by atoms with van der Waals surface area (Å²) in [5, 5.41) is 7.77. The summed E-state index contributed by atoms with van der Waals surface area (Å²) in [7, 11) is 0. The first kappa shape index (κ1) is 15.6. The first-order chi connectivity index (χ1) is 10.2. The fraction of sp³-hybridized carbons (Fsp3) is 0.500. The van der Waals surface area contributed by atoms with Crippen molar-refractivity contribution in [2.24, 2.45) is 0 Å². The van der Waals surface area contributed by atoms with E-state index in [2.05, 4.69) is 22.3 Å². The minimum absolute atomic E-state index is 0.202. The van der Waals surface area contributed by atoms with E-state index in [9.17, 15) is 4.39 Å². The monoisotopic (exact) mass is 290 g/mol. The van der Waals surface area contributed by atoms with Crippen molar-refractivity contribution in [3.8, 4) is 5.69 Å². The zero-order valence-electron chi connectivity index (χ0n) is 13.0. The zero-order chi connectivity index (χ0) is 15.2. The summed E-state index contributed by atoms with van der Waals surface area (Å²) in [4.78, 5) is 4.50. The average molecular weight is 290 g/mol. The van der Waals surface area contributed by atoms with Gasteiger partial charge in [0.2, 0.25) is 0 Å². The van der Waals surface area contributed by atoms with Crippen LogP contribution in [0.3, 0.4) is 0 Å². The molecule has 1 heterocycles. The van der Waals surface area contributed by atoms with Crippen LogP contribution in [0.5, 0.6) is 0 Å². The van der Waals surface area contributed by atoms with E-state index in [1.54, 1.807) is 10.7 Å². The number of hydrogen-bond acceptors (Lipinski definition) is 3. The average Bonchev–Trinajstić information content (AvgIpc) is 2.92. The molecule has 21 heavy (non-hydrogen) atoms. The van der Waals surface area contributed by atoms with Crippen LogP contribution in [0, 0.1) is 5.82 Å². The summed E-state index contributed by atoms with van der Waals surface area (Å²) in [5.74, 6) is 1.46. The topological polar surface area (TPSA) is 42.7 Å². The van der Waals surface area contributed by atoms with Gasteiger partial charge in [-0.3, -0.25) is 0 Å². The summed E-state index contributed by atoms with van der Waals surface area (Å²) in [6.07, 6.45) is 2.57. The predicted octanol–water partition coefficient (Wildman–Crippen LogP) is 3.03. The van der Waals surface area contributed by atoms with Gasteiger partial charge in [0.1, 0.15) is 11.6 Å². The second-order valence-corrected chi connectivity index (χ2v) is 4.98. The molecule has 2 rings (SSSR count). The summed E-state index contributed by atoms with van der Waals surface area (Å²) in [6, 6.07) is 5.12. The molecule has 0 aliphatic carbocycles. The number of hydrogen-bond donors (Lipinski definition) is 1. The highest BCUT2D eigenvalue weighted by molar-refractivity contribution is 5.42. The Morgan fingerprint density at radius 2 is 2.00 bits per heavy atom. The van der Waals surface area contributed by atoms with Crippen molar-refractivity contribution < 1.29 is 4.39 Å². The van der Waals surface area contributed by atoms with E-state index in [0.29, 0.717) is 12.1 Å². The van der Waals surface area contributed by atoms with Gasteiger partial charge in [0.05, 0.1) is 5.69 Å². The first-order valence-electron chi connectivity index (χ1n) is 7.64. The number of aryl methyl sites for hydroxylation is 2. The van der Waals surface area contributed by atoms with Crippen LogP contribution in [0.4, 0.5) is 4.39 Å². The maximum absolute atomic E-state index is 14.2. The Balaban J connectivity index is 2.43. The van der Waals surface area contributed by atoms with Crippen molar-refractivity contribution in [2.45, 2.75) is 46.6 Å². The van der Waals surface area contributed by atoms with Crippen LogP contribution < -0.4 is 5.32 Å². The SMILES string of the molecule is CCCNCc1c(F)cccc1-n1nc(CC)nc1CC. The summed E-state index contributed by atoms with van der Waals surface area (Å²) >= 11 is 0. The molecule has 0 fully saturated rings. The second-order valence-electron chi connectivity index (χ2n) is 4.98. The molecule has 2 aromatic rings. The molecule has 0 radical (unpaired) electrons. The van der Waals surface area contributed by atoms with Gasteiger partial charge in [-0.25, -0.2) is 14.1 Å². The van der Waals surface area contributed by atoms with Crippen LogP contribution >= 0.6 is 0 Å². The fourth-order valence-electron chi connectivity index (χ4n) is 2.27. The number of benzene rings is 1. The summed E-state index contributed by atoms with van der Waals surface area (Å²) < 4.78 is 16.0. The summed E-state index contributed by atoms with van der Waals surface area (Å²) in [5.41, 5.74) is 1.43. The van der Waals surface area contributed by atoms with E-state index in [1.165, 1.54) is 6.07 Å². The lowest BCUT2D eigenvalue weighted by atomic mass is 10.1. The summed E-state index contributed by atoms with van der Waals surface area (Å²) in [6.45, 7) is 7.52. The lowest BCUT2D eigenvalue weighted by Crippen LogP contribution is -2.17. The number of halogens is 1. The fourth-order valence-corrected chi connectivity index (χ4v) is 2.27. The molecule has 0 saturated heterocycles. The highest BCUT2D eigenvalue weighted by Crippen LogP contribution is 2.19. The van der Waals surface area contributed by atoms with E-state index in [1.807, 2.05) is 19.9 Å². The van der Waals surface area contributed by atoms with Crippen LogP contribution in [-0.4, -0.2) is 21.3 Å². The lowest BCUT2D eigenvalue weighted by molar-refractivity contribution is 0.580. The van der Waals surface area contributed by atoms with Crippen LogP contribution in [0.2, 0.25) is 0 Å². The Labute approximate surface area is 125 Å². The van der Waals surface area contributed by atoms with Gasteiger partial charge < -0.3 is 5.32 Å². The van der Waals surface area contributed by atoms with E-state index in [4.69, 9.17) is 0 Å². The quantitative estimate of drug-likeness (QED) is 0.797. The van der Waals surface area contributed by atoms with E-state index < -0.39 is 0 Å². The number of aromatic nitrogens is 3. The van der Waals surface area contributed by atoms with Gasteiger partial charge in [-0.05, 0) is 25.1 Å². The molecule has 1 aromatic heterocycles. The van der Waals surface area contributed by atoms with Gasteiger partial charge >= 0.3 is 0 Å². The molecule has 0 amide bonds. The Hall–Kier alpha value is -1.75. The molecule has 0 atom stereocenters. The molecule has 1 aromatic carbocycles. The Bertz CT molecular complexity index is 592. The molecular formula is C16H23FN4. The zero-order valence-corrected chi connectivity index (χ0v) is 13.0. The Morgan fingerprint density at radius 1 is 1.19 bits per heavy atom. The molecule has 1 N–H and O–H groups in total. The predicted molar refractivity (Wildman–Crippen MR) is 82.1 cm³/mol. The van der Waals surface area contributed by atoms with Crippen molar-refractivity contribution in [3.63, 3.8) is 0 Å². The molecule has 0 unspecified atom stereocenters. The molecule has 0 bridgehead atoms. The third-order valence-electron chi connectivity index (χ3n) is 3.40. The minimum Gasteiger partial charge on any atom is -0.312 e.